The van der Waals surface area contributed by atoms with Crippen LogP contribution in [0.15, 0.2) is 46.6 Å². The molecule has 0 fully saturated rings. The van der Waals surface area contributed by atoms with Crippen molar-refractivity contribution in [3.8, 4) is 10.7 Å². The molecule has 0 radical (unpaired) electrons. The van der Waals surface area contributed by atoms with E-state index in [1.165, 1.54) is 32.7 Å². The first-order chi connectivity index (χ1) is 12.0. The minimum absolute atomic E-state index is 0.165. The van der Waals surface area contributed by atoms with Crippen molar-refractivity contribution in [2.24, 2.45) is 7.05 Å². The Kier molecular flexibility index (Phi) is 5.08. The van der Waals surface area contributed by atoms with Crippen LogP contribution in [0.1, 0.15) is 5.56 Å². The fraction of sp³-hybridized carbons (Fsp3) is 0.235. The molecule has 0 aliphatic heterocycles. The van der Waals surface area contributed by atoms with Crippen LogP contribution >= 0.6 is 11.3 Å². The summed E-state index contributed by atoms with van der Waals surface area (Å²) in [6.45, 7) is 0.577. The van der Waals surface area contributed by atoms with Gasteiger partial charge in [0.2, 0.25) is 5.91 Å². The molecule has 0 aliphatic rings. The standard InChI is InChI=1S/C17H17FN4O2S/c1-21-16(14-3-2-10-25-14)20-22(17(21)24)9-8-19-15(23)11-12-4-6-13(18)7-5-12/h2-7,10H,8-9,11H2,1H3,(H,19,23). The highest BCUT2D eigenvalue weighted by Gasteiger charge is 2.13. The van der Waals surface area contributed by atoms with Gasteiger partial charge in [0.15, 0.2) is 5.82 Å². The van der Waals surface area contributed by atoms with Crippen LogP contribution in [0.5, 0.6) is 0 Å². The van der Waals surface area contributed by atoms with Gasteiger partial charge in [-0.15, -0.1) is 16.4 Å². The number of nitrogens with one attached hydrogen (secondary N) is 1. The Labute approximate surface area is 147 Å². The number of hydrogen-bond acceptors (Lipinski definition) is 4. The average Bonchev–Trinajstić information content (AvgIpc) is 3.21. The van der Waals surface area contributed by atoms with Gasteiger partial charge in [0.1, 0.15) is 5.82 Å². The van der Waals surface area contributed by atoms with Crippen LogP contribution in [0.3, 0.4) is 0 Å². The van der Waals surface area contributed by atoms with Gasteiger partial charge in [0.25, 0.3) is 0 Å². The van der Waals surface area contributed by atoms with Gasteiger partial charge >= 0.3 is 5.69 Å². The molecular weight excluding hydrogens is 343 g/mol. The molecule has 3 aromatic rings. The van der Waals surface area contributed by atoms with Gasteiger partial charge in [0, 0.05) is 13.6 Å². The first kappa shape index (κ1) is 17.1. The van der Waals surface area contributed by atoms with Crippen molar-refractivity contribution < 1.29 is 9.18 Å². The molecule has 25 heavy (non-hydrogen) atoms. The molecule has 0 atom stereocenters. The number of carbonyl (C=O) groups is 1. The highest BCUT2D eigenvalue weighted by Crippen LogP contribution is 2.20. The van der Waals surface area contributed by atoms with Gasteiger partial charge in [-0.3, -0.25) is 9.36 Å². The lowest BCUT2D eigenvalue weighted by Gasteiger charge is -2.05. The van der Waals surface area contributed by atoms with E-state index in [9.17, 15) is 14.0 Å². The number of benzene rings is 1. The van der Waals surface area contributed by atoms with Crippen LogP contribution in [0.4, 0.5) is 4.39 Å². The first-order valence-corrected chi connectivity index (χ1v) is 8.61. The highest BCUT2D eigenvalue weighted by molar-refractivity contribution is 7.13. The largest absolute Gasteiger partial charge is 0.354 e. The Morgan fingerprint density at radius 2 is 2.04 bits per heavy atom. The molecule has 0 bridgehead atoms. The highest BCUT2D eigenvalue weighted by atomic mass is 32.1. The molecule has 0 spiro atoms. The zero-order chi connectivity index (χ0) is 17.8. The zero-order valence-electron chi connectivity index (χ0n) is 13.6. The van der Waals surface area contributed by atoms with Crippen molar-refractivity contribution in [2.45, 2.75) is 13.0 Å². The molecule has 1 amide bonds. The maximum atomic E-state index is 12.8. The van der Waals surface area contributed by atoms with Gasteiger partial charge in [-0.25, -0.2) is 13.9 Å². The van der Waals surface area contributed by atoms with E-state index in [4.69, 9.17) is 0 Å². The normalized spacial score (nSPS) is 10.8. The first-order valence-electron chi connectivity index (χ1n) is 7.73. The summed E-state index contributed by atoms with van der Waals surface area (Å²) in [7, 11) is 1.67. The second kappa shape index (κ2) is 7.43. The molecule has 0 saturated heterocycles. The number of carbonyl (C=O) groups excluding carboxylic acids is 1. The van der Waals surface area contributed by atoms with E-state index < -0.39 is 0 Å². The number of rotatable bonds is 6. The molecule has 0 unspecified atom stereocenters. The number of hydrogen-bond donors (Lipinski definition) is 1. The molecule has 0 saturated carbocycles. The smallest absolute Gasteiger partial charge is 0.346 e. The minimum atomic E-state index is -0.333. The van der Waals surface area contributed by atoms with E-state index in [1.807, 2.05) is 17.5 Å². The molecule has 1 N–H and O–H groups in total. The Morgan fingerprint density at radius 1 is 1.28 bits per heavy atom. The SMILES string of the molecule is Cn1c(-c2cccs2)nn(CCNC(=O)Cc2ccc(F)cc2)c1=O. The summed E-state index contributed by atoms with van der Waals surface area (Å²) in [6.07, 6.45) is 0.165. The number of thiophene rings is 1. The van der Waals surface area contributed by atoms with Crippen molar-refractivity contribution in [3.63, 3.8) is 0 Å². The Balaban J connectivity index is 1.57. The predicted octanol–water partition coefficient (Wildman–Crippen LogP) is 1.81. The van der Waals surface area contributed by atoms with Crippen molar-refractivity contribution in [3.05, 3.63) is 63.6 Å². The van der Waals surface area contributed by atoms with Gasteiger partial charge in [-0.1, -0.05) is 18.2 Å². The van der Waals surface area contributed by atoms with E-state index >= 15 is 0 Å². The van der Waals surface area contributed by atoms with Crippen LogP contribution in [0.2, 0.25) is 0 Å². The van der Waals surface area contributed by atoms with Crippen LogP contribution < -0.4 is 11.0 Å². The summed E-state index contributed by atoms with van der Waals surface area (Å²) < 4.78 is 15.7. The summed E-state index contributed by atoms with van der Waals surface area (Å²) in [5.41, 5.74) is 0.505. The fourth-order valence-electron chi connectivity index (χ4n) is 2.41. The third kappa shape index (κ3) is 4.03. The van der Waals surface area contributed by atoms with E-state index in [1.54, 1.807) is 19.2 Å². The monoisotopic (exact) mass is 360 g/mol. The number of halogens is 1. The van der Waals surface area contributed by atoms with E-state index in [-0.39, 0.29) is 30.4 Å². The lowest BCUT2D eigenvalue weighted by Crippen LogP contribution is -2.32. The van der Waals surface area contributed by atoms with Crippen molar-refractivity contribution in [2.75, 3.05) is 6.54 Å². The third-order valence-electron chi connectivity index (χ3n) is 3.71. The second-order valence-electron chi connectivity index (χ2n) is 5.52. The maximum Gasteiger partial charge on any atom is 0.346 e. The van der Waals surface area contributed by atoms with Crippen LogP contribution in [0.25, 0.3) is 10.7 Å². The van der Waals surface area contributed by atoms with Gasteiger partial charge in [0.05, 0.1) is 17.8 Å². The Morgan fingerprint density at radius 3 is 2.72 bits per heavy atom. The van der Waals surface area contributed by atoms with Crippen LogP contribution in [-0.4, -0.2) is 26.8 Å². The Hall–Kier alpha value is -2.74. The maximum absolute atomic E-state index is 12.8. The molecule has 0 aliphatic carbocycles. The molecule has 3 rings (SSSR count). The summed E-state index contributed by atoms with van der Waals surface area (Å²) >= 11 is 1.51. The summed E-state index contributed by atoms with van der Waals surface area (Å²) in [6, 6.07) is 9.60. The van der Waals surface area contributed by atoms with Crippen LogP contribution in [-0.2, 0) is 24.8 Å². The molecular formula is C17H17FN4O2S. The second-order valence-corrected chi connectivity index (χ2v) is 6.47. The van der Waals surface area contributed by atoms with Crippen molar-refractivity contribution >= 4 is 17.2 Å². The summed E-state index contributed by atoms with van der Waals surface area (Å²) in [5, 5.41) is 9.00. The predicted molar refractivity (Wildman–Crippen MR) is 93.9 cm³/mol. The molecule has 2 aromatic heterocycles. The van der Waals surface area contributed by atoms with E-state index in [2.05, 4.69) is 10.4 Å². The van der Waals surface area contributed by atoms with Crippen molar-refractivity contribution in [1.82, 2.24) is 19.7 Å². The van der Waals surface area contributed by atoms with E-state index in [0.717, 1.165) is 10.4 Å². The minimum Gasteiger partial charge on any atom is -0.354 e. The summed E-state index contributed by atoms with van der Waals surface area (Å²) in [5.74, 6) is 0.0898. The molecule has 130 valence electrons. The molecule has 6 nitrogen and oxygen atoms in total. The van der Waals surface area contributed by atoms with Gasteiger partial charge in [-0.2, -0.15) is 0 Å². The Bertz CT molecular complexity index is 913. The van der Waals surface area contributed by atoms with Gasteiger partial charge < -0.3 is 5.32 Å². The zero-order valence-corrected chi connectivity index (χ0v) is 14.4. The topological polar surface area (TPSA) is 68.9 Å². The average molecular weight is 360 g/mol. The lowest BCUT2D eigenvalue weighted by atomic mass is 10.1. The lowest BCUT2D eigenvalue weighted by molar-refractivity contribution is -0.120. The van der Waals surface area contributed by atoms with Crippen molar-refractivity contribution in [1.29, 1.82) is 0 Å². The van der Waals surface area contributed by atoms with Gasteiger partial charge in [-0.05, 0) is 29.1 Å². The quantitative estimate of drug-likeness (QED) is 0.729. The number of aromatic nitrogens is 3. The molecule has 8 heteroatoms. The fourth-order valence-corrected chi connectivity index (χ4v) is 3.15. The third-order valence-corrected chi connectivity index (χ3v) is 4.57. The number of amides is 1. The molecule has 2 heterocycles. The molecule has 1 aromatic carbocycles. The van der Waals surface area contributed by atoms with Crippen LogP contribution in [0, 0.1) is 5.82 Å². The summed E-state index contributed by atoms with van der Waals surface area (Å²) in [4.78, 5) is 25.0. The van der Waals surface area contributed by atoms with E-state index in [0.29, 0.717) is 12.4 Å². The number of nitrogens with zero attached hydrogens (tertiary/aromatic N) is 3.